The number of methoxy groups -OCH3 is 1. The maximum absolute atomic E-state index is 12.9. The van der Waals surface area contributed by atoms with E-state index in [0.717, 1.165) is 39.1 Å². The highest BCUT2D eigenvalue weighted by molar-refractivity contribution is 6.32. The van der Waals surface area contributed by atoms with E-state index in [2.05, 4.69) is 10.2 Å². The number of ether oxygens (including phenoxy) is 3. The van der Waals surface area contributed by atoms with Gasteiger partial charge >= 0.3 is 0 Å². The number of hydrogen-bond acceptors (Lipinski definition) is 5. The molecule has 1 aliphatic carbocycles. The summed E-state index contributed by atoms with van der Waals surface area (Å²) in [5.41, 5.74) is 0.509. The van der Waals surface area contributed by atoms with Crippen LogP contribution in [-0.4, -0.2) is 62.9 Å². The number of rotatable bonds is 7. The van der Waals surface area contributed by atoms with Crippen LogP contribution in [0, 0.1) is 0 Å². The molecule has 1 heterocycles. The van der Waals surface area contributed by atoms with Crippen molar-refractivity contribution in [1.82, 2.24) is 10.2 Å². The molecule has 3 rings (SSSR count). The van der Waals surface area contributed by atoms with Gasteiger partial charge in [0.15, 0.2) is 11.5 Å². The van der Waals surface area contributed by atoms with Gasteiger partial charge in [-0.2, -0.15) is 0 Å². The van der Waals surface area contributed by atoms with Crippen LogP contribution in [-0.2, 0) is 4.74 Å². The molecule has 0 aromatic heterocycles. The summed E-state index contributed by atoms with van der Waals surface area (Å²) in [6.07, 6.45) is 5.90. The summed E-state index contributed by atoms with van der Waals surface area (Å²) in [7, 11) is 1.55. The van der Waals surface area contributed by atoms with Crippen LogP contribution >= 0.6 is 11.6 Å². The largest absolute Gasteiger partial charge is 0.493 e. The molecule has 1 aliphatic heterocycles. The van der Waals surface area contributed by atoms with Crippen LogP contribution in [0.2, 0.25) is 5.02 Å². The second-order valence-electron chi connectivity index (χ2n) is 7.49. The van der Waals surface area contributed by atoms with Crippen molar-refractivity contribution < 1.29 is 19.0 Å². The molecule has 6 nitrogen and oxygen atoms in total. The third kappa shape index (κ3) is 4.73. The molecule has 2 fully saturated rings. The lowest BCUT2D eigenvalue weighted by Gasteiger charge is -2.48. The number of carbonyl (C=O) groups excluding carboxylic acids is 1. The van der Waals surface area contributed by atoms with E-state index >= 15 is 0 Å². The van der Waals surface area contributed by atoms with E-state index in [1.807, 2.05) is 6.92 Å². The van der Waals surface area contributed by atoms with Crippen molar-refractivity contribution in [2.45, 2.75) is 44.6 Å². The minimum Gasteiger partial charge on any atom is -0.493 e. The third-order valence-corrected chi connectivity index (χ3v) is 6.11. The zero-order valence-corrected chi connectivity index (χ0v) is 17.6. The number of carbonyl (C=O) groups is 1. The molecule has 0 unspecified atom stereocenters. The predicted octanol–water partition coefficient (Wildman–Crippen LogP) is 3.51. The van der Waals surface area contributed by atoms with Crippen LogP contribution in [0.4, 0.5) is 0 Å². The molecule has 1 amide bonds. The number of nitrogens with zero attached hydrogens (tertiary/aromatic N) is 1. The van der Waals surface area contributed by atoms with Gasteiger partial charge < -0.3 is 19.5 Å². The fourth-order valence-electron chi connectivity index (χ4n) is 4.33. The van der Waals surface area contributed by atoms with Gasteiger partial charge in [-0.05, 0) is 31.9 Å². The van der Waals surface area contributed by atoms with E-state index in [-0.39, 0.29) is 11.4 Å². The quantitative estimate of drug-likeness (QED) is 0.745. The SMILES string of the molecule is CCOc1c(Cl)cc(C(=O)NCC2(N3CCOCC3)CCCCC2)cc1OC. The number of halogens is 1. The van der Waals surface area contributed by atoms with Crippen molar-refractivity contribution in [2.75, 3.05) is 46.6 Å². The van der Waals surface area contributed by atoms with Gasteiger partial charge in [0, 0.05) is 30.7 Å². The summed E-state index contributed by atoms with van der Waals surface area (Å²) >= 11 is 6.33. The zero-order chi connectivity index (χ0) is 20.0. The van der Waals surface area contributed by atoms with E-state index in [9.17, 15) is 4.79 Å². The second-order valence-corrected chi connectivity index (χ2v) is 7.90. The minimum atomic E-state index is -0.138. The number of morpholine rings is 1. The predicted molar refractivity (Wildman–Crippen MR) is 110 cm³/mol. The molecular formula is C21H31ClN2O4. The Morgan fingerprint density at radius 2 is 1.96 bits per heavy atom. The molecule has 1 aromatic rings. The molecule has 0 radical (unpaired) electrons. The number of amides is 1. The first-order valence-electron chi connectivity index (χ1n) is 10.2. The Balaban J connectivity index is 1.73. The van der Waals surface area contributed by atoms with Crippen LogP contribution in [0.25, 0.3) is 0 Å². The van der Waals surface area contributed by atoms with Gasteiger partial charge in [0.05, 0.1) is 32.0 Å². The average molecular weight is 411 g/mol. The lowest BCUT2D eigenvalue weighted by molar-refractivity contribution is -0.0361. The lowest BCUT2D eigenvalue weighted by Crippen LogP contribution is -2.59. The standard InChI is InChI=1S/C21H31ClN2O4/c1-3-28-19-17(22)13-16(14-18(19)26-2)20(25)23-15-21(7-5-4-6-8-21)24-9-11-27-12-10-24/h13-14H,3-12,15H2,1-2H3,(H,23,25). The zero-order valence-electron chi connectivity index (χ0n) is 16.9. The molecule has 28 heavy (non-hydrogen) atoms. The molecule has 1 aromatic carbocycles. The minimum absolute atomic E-state index is 0.0246. The Kier molecular flexibility index (Phi) is 7.43. The fraction of sp³-hybridized carbons (Fsp3) is 0.667. The number of benzene rings is 1. The van der Waals surface area contributed by atoms with Gasteiger partial charge in [-0.3, -0.25) is 9.69 Å². The van der Waals surface area contributed by atoms with Crippen LogP contribution in [0.3, 0.4) is 0 Å². The van der Waals surface area contributed by atoms with E-state index in [0.29, 0.717) is 35.2 Å². The summed E-state index contributed by atoms with van der Waals surface area (Å²) in [5, 5.41) is 3.54. The van der Waals surface area contributed by atoms with Gasteiger partial charge in [0.2, 0.25) is 0 Å². The van der Waals surface area contributed by atoms with E-state index in [1.165, 1.54) is 19.3 Å². The van der Waals surface area contributed by atoms with Crippen LogP contribution in [0.1, 0.15) is 49.4 Å². The Morgan fingerprint density at radius 3 is 2.61 bits per heavy atom. The molecule has 1 N–H and O–H groups in total. The van der Waals surface area contributed by atoms with Crippen LogP contribution < -0.4 is 14.8 Å². The Morgan fingerprint density at radius 1 is 1.25 bits per heavy atom. The summed E-state index contributed by atoms with van der Waals surface area (Å²) in [6.45, 7) is 6.38. The van der Waals surface area contributed by atoms with Gasteiger partial charge in [-0.1, -0.05) is 30.9 Å². The molecule has 0 atom stereocenters. The molecule has 1 saturated carbocycles. The first-order valence-corrected chi connectivity index (χ1v) is 10.6. The maximum atomic E-state index is 12.9. The molecule has 0 spiro atoms. The molecular weight excluding hydrogens is 380 g/mol. The average Bonchev–Trinajstić information content (AvgIpc) is 2.74. The smallest absolute Gasteiger partial charge is 0.251 e. The van der Waals surface area contributed by atoms with E-state index in [4.69, 9.17) is 25.8 Å². The first-order chi connectivity index (χ1) is 13.6. The van der Waals surface area contributed by atoms with Gasteiger partial charge in [0.25, 0.3) is 5.91 Å². The maximum Gasteiger partial charge on any atom is 0.251 e. The van der Waals surface area contributed by atoms with E-state index in [1.54, 1.807) is 19.2 Å². The van der Waals surface area contributed by atoms with Crippen LogP contribution in [0.15, 0.2) is 12.1 Å². The Labute approximate surface area is 172 Å². The fourth-order valence-corrected chi connectivity index (χ4v) is 4.60. The molecule has 0 bridgehead atoms. The van der Waals surface area contributed by atoms with Crippen molar-refractivity contribution in [1.29, 1.82) is 0 Å². The summed E-state index contributed by atoms with van der Waals surface area (Å²) in [5.74, 6) is 0.807. The van der Waals surface area contributed by atoms with Crippen molar-refractivity contribution in [3.8, 4) is 11.5 Å². The first kappa shape index (κ1) is 21.2. The third-order valence-electron chi connectivity index (χ3n) is 5.82. The molecule has 7 heteroatoms. The highest BCUT2D eigenvalue weighted by Gasteiger charge is 2.38. The van der Waals surface area contributed by atoms with Gasteiger partial charge in [0.1, 0.15) is 0 Å². The van der Waals surface area contributed by atoms with Crippen molar-refractivity contribution >= 4 is 17.5 Å². The van der Waals surface area contributed by atoms with Crippen molar-refractivity contribution in [2.24, 2.45) is 0 Å². The van der Waals surface area contributed by atoms with Crippen molar-refractivity contribution in [3.05, 3.63) is 22.7 Å². The summed E-state index contributed by atoms with van der Waals surface area (Å²) in [6, 6.07) is 3.33. The topological polar surface area (TPSA) is 60.0 Å². The number of nitrogens with one attached hydrogen (secondary N) is 1. The highest BCUT2D eigenvalue weighted by atomic mass is 35.5. The summed E-state index contributed by atoms with van der Waals surface area (Å²) < 4.78 is 16.4. The summed E-state index contributed by atoms with van der Waals surface area (Å²) in [4.78, 5) is 15.4. The second kappa shape index (κ2) is 9.81. The Hall–Kier alpha value is -1.50. The van der Waals surface area contributed by atoms with Gasteiger partial charge in [-0.15, -0.1) is 0 Å². The Bertz CT molecular complexity index is 671. The van der Waals surface area contributed by atoms with E-state index < -0.39 is 0 Å². The highest BCUT2D eigenvalue weighted by Crippen LogP contribution is 2.37. The molecule has 1 saturated heterocycles. The molecule has 156 valence electrons. The normalized spacial score (nSPS) is 19.8. The van der Waals surface area contributed by atoms with Gasteiger partial charge in [-0.25, -0.2) is 0 Å². The monoisotopic (exact) mass is 410 g/mol. The van der Waals surface area contributed by atoms with Crippen molar-refractivity contribution in [3.63, 3.8) is 0 Å². The number of hydrogen-bond donors (Lipinski definition) is 1. The molecule has 2 aliphatic rings. The lowest BCUT2D eigenvalue weighted by atomic mass is 9.79. The van der Waals surface area contributed by atoms with Crippen LogP contribution in [0.5, 0.6) is 11.5 Å².